The number of carbonyl (C=O) groups is 2. The van der Waals surface area contributed by atoms with E-state index in [0.29, 0.717) is 23.4 Å². The first-order chi connectivity index (χ1) is 8.58. The normalized spacial score (nSPS) is 10.3. The summed E-state index contributed by atoms with van der Waals surface area (Å²) in [6, 6.07) is 4.84. The second kappa shape index (κ2) is 6.44. The molecule has 2 N–H and O–H groups in total. The lowest BCUT2D eigenvalue weighted by molar-refractivity contribution is -0.131. The smallest absolute Gasteiger partial charge is 0.328 e. The molecule has 1 amide bonds. The number of methoxy groups -OCH3 is 1. The van der Waals surface area contributed by atoms with Crippen molar-refractivity contribution in [1.82, 2.24) is 5.32 Å². The fourth-order valence-corrected chi connectivity index (χ4v) is 1.43. The van der Waals surface area contributed by atoms with Crippen LogP contribution in [-0.4, -0.2) is 30.6 Å². The maximum absolute atomic E-state index is 11.6. The fourth-order valence-electron chi connectivity index (χ4n) is 1.43. The summed E-state index contributed by atoms with van der Waals surface area (Å²) in [5.74, 6) is -0.744. The molecule has 0 atom stereocenters. The number of carboxylic acid groups (broad SMARTS) is 1. The van der Waals surface area contributed by atoms with E-state index in [4.69, 9.17) is 9.84 Å². The Morgan fingerprint density at radius 3 is 2.72 bits per heavy atom. The molecule has 0 aliphatic heterocycles. The number of ether oxygens (including phenoxy) is 1. The number of rotatable bonds is 5. The van der Waals surface area contributed by atoms with E-state index in [1.807, 2.05) is 6.92 Å². The van der Waals surface area contributed by atoms with Gasteiger partial charge < -0.3 is 15.2 Å². The zero-order valence-corrected chi connectivity index (χ0v) is 10.3. The van der Waals surface area contributed by atoms with Gasteiger partial charge in [-0.25, -0.2) is 4.79 Å². The molecule has 0 saturated heterocycles. The Kier molecular flexibility index (Phi) is 4.92. The van der Waals surface area contributed by atoms with Crippen LogP contribution in [0.15, 0.2) is 24.3 Å². The number of nitrogens with one attached hydrogen (secondary N) is 1. The van der Waals surface area contributed by atoms with Crippen LogP contribution in [0.3, 0.4) is 0 Å². The summed E-state index contributed by atoms with van der Waals surface area (Å²) >= 11 is 0. The van der Waals surface area contributed by atoms with Crippen LogP contribution in [0.4, 0.5) is 0 Å². The van der Waals surface area contributed by atoms with Crippen LogP contribution in [0.25, 0.3) is 6.08 Å². The van der Waals surface area contributed by atoms with Gasteiger partial charge in [-0.3, -0.25) is 4.79 Å². The lowest BCUT2D eigenvalue weighted by atomic mass is 10.1. The molecule has 1 rings (SSSR count). The van der Waals surface area contributed by atoms with Crippen molar-refractivity contribution in [3.8, 4) is 5.75 Å². The van der Waals surface area contributed by atoms with Crippen molar-refractivity contribution in [3.63, 3.8) is 0 Å². The number of hydrogen-bond acceptors (Lipinski definition) is 3. The van der Waals surface area contributed by atoms with E-state index < -0.39 is 5.97 Å². The molecule has 0 aliphatic carbocycles. The number of benzene rings is 1. The molecule has 0 bridgehead atoms. The number of hydrogen-bond donors (Lipinski definition) is 2. The Balaban J connectivity index is 3.09. The minimum absolute atomic E-state index is 0.204. The van der Waals surface area contributed by atoms with Crippen molar-refractivity contribution in [3.05, 3.63) is 35.4 Å². The van der Waals surface area contributed by atoms with Crippen LogP contribution in [0, 0.1) is 0 Å². The highest BCUT2D eigenvalue weighted by molar-refractivity contribution is 5.95. The number of carboxylic acids is 1. The summed E-state index contributed by atoms with van der Waals surface area (Å²) in [6.07, 6.45) is 2.39. The lowest BCUT2D eigenvalue weighted by Gasteiger charge is -2.07. The maximum atomic E-state index is 11.6. The standard InChI is InChI=1S/C13H15NO4/c1-3-14-13(17)10-4-6-11(18-2)9(8-10)5-7-12(15)16/h4-8H,3H2,1-2H3,(H,14,17)(H,15,16)/b7-5+. The Morgan fingerprint density at radius 2 is 2.17 bits per heavy atom. The molecule has 5 heteroatoms. The largest absolute Gasteiger partial charge is 0.496 e. The van der Waals surface area contributed by atoms with E-state index in [1.165, 1.54) is 13.2 Å². The zero-order valence-electron chi connectivity index (χ0n) is 10.3. The van der Waals surface area contributed by atoms with Gasteiger partial charge in [-0.2, -0.15) is 0 Å². The summed E-state index contributed by atoms with van der Waals surface area (Å²) in [6.45, 7) is 2.36. The summed E-state index contributed by atoms with van der Waals surface area (Å²) in [5, 5.41) is 11.3. The van der Waals surface area contributed by atoms with Crippen molar-refractivity contribution in [2.75, 3.05) is 13.7 Å². The molecule has 96 valence electrons. The molecule has 0 unspecified atom stereocenters. The van der Waals surface area contributed by atoms with Crippen molar-refractivity contribution in [2.45, 2.75) is 6.92 Å². The molecule has 1 aromatic rings. The van der Waals surface area contributed by atoms with Gasteiger partial charge in [0.2, 0.25) is 0 Å². The van der Waals surface area contributed by atoms with Gasteiger partial charge >= 0.3 is 5.97 Å². The van der Waals surface area contributed by atoms with Gasteiger partial charge in [0.25, 0.3) is 5.91 Å². The topological polar surface area (TPSA) is 75.6 Å². The average molecular weight is 249 g/mol. The van der Waals surface area contributed by atoms with E-state index in [-0.39, 0.29) is 5.91 Å². The first-order valence-corrected chi connectivity index (χ1v) is 5.45. The zero-order chi connectivity index (χ0) is 13.5. The van der Waals surface area contributed by atoms with Gasteiger partial charge in [0.05, 0.1) is 7.11 Å². The van der Waals surface area contributed by atoms with E-state index in [1.54, 1.807) is 18.2 Å². The molecule has 0 heterocycles. The van der Waals surface area contributed by atoms with Crippen LogP contribution in [0.2, 0.25) is 0 Å². The highest BCUT2D eigenvalue weighted by Gasteiger charge is 2.08. The first-order valence-electron chi connectivity index (χ1n) is 5.45. The van der Waals surface area contributed by atoms with Gasteiger partial charge in [-0.05, 0) is 31.2 Å². The second-order valence-corrected chi connectivity index (χ2v) is 3.49. The number of carbonyl (C=O) groups excluding carboxylic acids is 1. The Labute approximate surface area is 105 Å². The van der Waals surface area contributed by atoms with Crippen molar-refractivity contribution >= 4 is 18.0 Å². The molecule has 0 aliphatic rings. The molecule has 0 spiro atoms. The average Bonchev–Trinajstić information content (AvgIpc) is 2.36. The van der Waals surface area contributed by atoms with Gasteiger partial charge in [0.15, 0.2) is 0 Å². The monoisotopic (exact) mass is 249 g/mol. The third kappa shape index (κ3) is 3.62. The summed E-state index contributed by atoms with van der Waals surface area (Å²) in [7, 11) is 1.49. The molecule has 18 heavy (non-hydrogen) atoms. The van der Waals surface area contributed by atoms with E-state index in [9.17, 15) is 9.59 Å². The maximum Gasteiger partial charge on any atom is 0.328 e. The Hall–Kier alpha value is -2.30. The Morgan fingerprint density at radius 1 is 1.44 bits per heavy atom. The molecular weight excluding hydrogens is 234 g/mol. The van der Waals surface area contributed by atoms with Crippen molar-refractivity contribution < 1.29 is 19.4 Å². The second-order valence-electron chi connectivity index (χ2n) is 3.49. The van der Waals surface area contributed by atoms with E-state index in [0.717, 1.165) is 6.08 Å². The third-order valence-corrected chi connectivity index (χ3v) is 2.23. The summed E-state index contributed by atoms with van der Waals surface area (Å²) < 4.78 is 5.10. The summed E-state index contributed by atoms with van der Waals surface area (Å²) in [4.78, 5) is 22.1. The molecule has 5 nitrogen and oxygen atoms in total. The molecule has 0 saturated carbocycles. The van der Waals surface area contributed by atoms with Gasteiger partial charge in [-0.1, -0.05) is 0 Å². The summed E-state index contributed by atoms with van der Waals surface area (Å²) in [5.41, 5.74) is 1.01. The molecule has 0 fully saturated rings. The molecule has 0 aromatic heterocycles. The molecule has 1 aromatic carbocycles. The van der Waals surface area contributed by atoms with Crippen LogP contribution in [0.5, 0.6) is 5.75 Å². The van der Waals surface area contributed by atoms with Crippen LogP contribution >= 0.6 is 0 Å². The van der Waals surface area contributed by atoms with Crippen molar-refractivity contribution in [2.24, 2.45) is 0 Å². The lowest BCUT2D eigenvalue weighted by Crippen LogP contribution is -2.22. The van der Waals surface area contributed by atoms with Crippen molar-refractivity contribution in [1.29, 1.82) is 0 Å². The number of aliphatic carboxylic acids is 1. The van der Waals surface area contributed by atoms with Gasteiger partial charge in [0, 0.05) is 23.7 Å². The minimum atomic E-state index is -1.06. The van der Waals surface area contributed by atoms with E-state index in [2.05, 4.69) is 5.32 Å². The minimum Gasteiger partial charge on any atom is -0.496 e. The highest BCUT2D eigenvalue weighted by atomic mass is 16.5. The highest BCUT2D eigenvalue weighted by Crippen LogP contribution is 2.21. The van der Waals surface area contributed by atoms with Crippen LogP contribution in [0.1, 0.15) is 22.8 Å². The Bertz CT molecular complexity index is 480. The molecule has 0 radical (unpaired) electrons. The van der Waals surface area contributed by atoms with E-state index >= 15 is 0 Å². The quantitative estimate of drug-likeness (QED) is 0.776. The SMILES string of the molecule is CCNC(=O)c1ccc(OC)c(/C=C/C(=O)O)c1. The fraction of sp³-hybridized carbons (Fsp3) is 0.231. The van der Waals surface area contributed by atoms with Gasteiger partial charge in [0.1, 0.15) is 5.75 Å². The van der Waals surface area contributed by atoms with Crippen LogP contribution in [-0.2, 0) is 4.79 Å². The van der Waals surface area contributed by atoms with Gasteiger partial charge in [-0.15, -0.1) is 0 Å². The molecular formula is C13H15NO4. The first kappa shape index (κ1) is 13.8. The predicted molar refractivity (Wildman–Crippen MR) is 67.7 cm³/mol. The number of amides is 1. The predicted octanol–water partition coefficient (Wildman–Crippen LogP) is 1.54. The third-order valence-electron chi connectivity index (χ3n) is 2.23. The van der Waals surface area contributed by atoms with Crippen LogP contribution < -0.4 is 10.1 Å².